The van der Waals surface area contributed by atoms with Gasteiger partial charge in [0, 0.05) is 35.1 Å². The summed E-state index contributed by atoms with van der Waals surface area (Å²) in [6.07, 6.45) is 3.47. The summed E-state index contributed by atoms with van der Waals surface area (Å²) in [6, 6.07) is 15.7. The topological polar surface area (TPSA) is 47.1 Å². The number of thiophene rings is 1. The molecule has 0 aliphatic carbocycles. The van der Waals surface area contributed by atoms with Crippen molar-refractivity contribution < 1.29 is 0 Å². The molecule has 27 heavy (non-hydrogen) atoms. The number of nitrogens with zero attached hydrogens (tertiary/aromatic N) is 4. The summed E-state index contributed by atoms with van der Waals surface area (Å²) in [5.74, 6) is 0.476. The monoisotopic (exact) mass is 371 g/mol. The Bertz CT molecular complexity index is 1090. The molecule has 0 unspecified atom stereocenters. The largest absolute Gasteiger partial charge is 0.380 e. The van der Waals surface area contributed by atoms with E-state index in [4.69, 9.17) is 6.57 Å². The molecule has 4 aromatic rings. The second kappa shape index (κ2) is 7.44. The van der Waals surface area contributed by atoms with Gasteiger partial charge < -0.3 is 10.2 Å². The molecule has 1 aromatic carbocycles. The summed E-state index contributed by atoms with van der Waals surface area (Å²) in [4.78, 5) is 9.07. The van der Waals surface area contributed by atoms with Gasteiger partial charge in [-0.05, 0) is 66.4 Å². The highest BCUT2D eigenvalue weighted by atomic mass is 32.1. The minimum atomic E-state index is 0.476. The zero-order valence-corrected chi connectivity index (χ0v) is 15.6. The maximum Gasteiger partial charge on any atom is 0.258 e. The molecule has 0 aliphatic heterocycles. The van der Waals surface area contributed by atoms with E-state index in [-0.39, 0.29) is 0 Å². The average Bonchev–Trinajstić information content (AvgIpc) is 3.33. The van der Waals surface area contributed by atoms with Crippen LogP contribution in [0.15, 0.2) is 66.3 Å². The summed E-state index contributed by atoms with van der Waals surface area (Å²) in [5, 5.41) is 10.1. The van der Waals surface area contributed by atoms with Crippen LogP contribution in [0, 0.1) is 13.5 Å². The summed E-state index contributed by atoms with van der Waals surface area (Å²) in [6.45, 7) is 10.4. The fourth-order valence-corrected chi connectivity index (χ4v) is 3.63. The van der Waals surface area contributed by atoms with E-state index >= 15 is 0 Å². The highest BCUT2D eigenvalue weighted by molar-refractivity contribution is 7.10. The van der Waals surface area contributed by atoms with E-state index in [1.165, 1.54) is 10.4 Å². The highest BCUT2D eigenvalue weighted by Crippen LogP contribution is 2.27. The number of anilines is 1. The van der Waals surface area contributed by atoms with Gasteiger partial charge in [0.1, 0.15) is 11.4 Å². The molecule has 132 valence electrons. The molecule has 3 heterocycles. The third-order valence-electron chi connectivity index (χ3n) is 4.30. The predicted octanol–water partition coefficient (Wildman–Crippen LogP) is 5.47. The first-order valence-corrected chi connectivity index (χ1v) is 9.38. The van der Waals surface area contributed by atoms with Crippen molar-refractivity contribution >= 4 is 22.8 Å². The number of hydrogen-bond donors (Lipinski definition) is 1. The van der Waals surface area contributed by atoms with E-state index in [9.17, 15) is 0 Å². The Morgan fingerprint density at radius 1 is 1.19 bits per heavy atom. The molecule has 5 nitrogen and oxygen atoms in total. The van der Waals surface area contributed by atoms with Gasteiger partial charge >= 0.3 is 0 Å². The van der Waals surface area contributed by atoms with Gasteiger partial charge in [0.2, 0.25) is 0 Å². The summed E-state index contributed by atoms with van der Waals surface area (Å²) >= 11 is 1.76. The molecule has 0 saturated heterocycles. The first kappa shape index (κ1) is 17.0. The van der Waals surface area contributed by atoms with Crippen LogP contribution in [0.4, 0.5) is 11.5 Å². The third-order valence-corrected chi connectivity index (χ3v) is 5.32. The van der Waals surface area contributed by atoms with Crippen LogP contribution < -0.4 is 5.32 Å². The van der Waals surface area contributed by atoms with E-state index in [0.29, 0.717) is 5.82 Å². The molecule has 0 aliphatic rings. The molecule has 0 bridgehead atoms. The second-order valence-electron chi connectivity index (χ2n) is 6.08. The quantitative estimate of drug-likeness (QED) is 0.473. The fourth-order valence-electron chi connectivity index (χ4n) is 2.78. The summed E-state index contributed by atoms with van der Waals surface area (Å²) < 4.78 is 1.67. The zero-order valence-electron chi connectivity index (χ0n) is 14.8. The van der Waals surface area contributed by atoms with Crippen molar-refractivity contribution in [1.82, 2.24) is 14.8 Å². The average molecular weight is 371 g/mol. The molecule has 4 rings (SSSR count). The predicted molar refractivity (Wildman–Crippen MR) is 109 cm³/mol. The first-order chi connectivity index (χ1) is 13.2. The Kier molecular flexibility index (Phi) is 4.69. The number of nitrogens with one attached hydrogen (secondary N) is 1. The first-order valence-electron chi connectivity index (χ1n) is 8.50. The Hall–Kier alpha value is -3.43. The lowest BCUT2D eigenvalue weighted by molar-refractivity contribution is 0.899. The highest BCUT2D eigenvalue weighted by Gasteiger charge is 2.13. The molecule has 0 radical (unpaired) electrons. The minimum absolute atomic E-state index is 0.476. The zero-order chi connectivity index (χ0) is 18.6. The van der Waals surface area contributed by atoms with Gasteiger partial charge in [-0.2, -0.15) is 4.68 Å². The lowest BCUT2D eigenvalue weighted by Crippen LogP contribution is -2.00. The van der Waals surface area contributed by atoms with Crippen LogP contribution in [0.2, 0.25) is 0 Å². The maximum atomic E-state index is 7.46. The van der Waals surface area contributed by atoms with E-state index in [2.05, 4.69) is 38.6 Å². The van der Waals surface area contributed by atoms with E-state index < -0.39 is 0 Å². The number of aryl methyl sites for hydroxylation is 1. The van der Waals surface area contributed by atoms with Crippen molar-refractivity contribution in [1.29, 1.82) is 0 Å². The molecule has 6 heteroatoms. The maximum absolute atomic E-state index is 7.46. The number of aromatic nitrogens is 3. The van der Waals surface area contributed by atoms with Crippen LogP contribution in [0.25, 0.3) is 21.8 Å². The van der Waals surface area contributed by atoms with Crippen molar-refractivity contribution in [3.05, 3.63) is 88.2 Å². The second-order valence-corrected chi connectivity index (χ2v) is 7.08. The lowest BCUT2D eigenvalue weighted by atomic mass is 10.2. The molecule has 0 amide bonds. The SMILES string of the molecule is [C-]#[N+]c1cc(-c2cccnc2)nn1-c1ccc(NCc2sccc2C)cc1. The van der Waals surface area contributed by atoms with Gasteiger partial charge in [0.25, 0.3) is 5.82 Å². The summed E-state index contributed by atoms with van der Waals surface area (Å²) in [7, 11) is 0. The Morgan fingerprint density at radius 3 is 2.70 bits per heavy atom. The number of benzene rings is 1. The Morgan fingerprint density at radius 2 is 2.04 bits per heavy atom. The molecule has 0 fully saturated rings. The molecular formula is C21H17N5S. The van der Waals surface area contributed by atoms with Gasteiger partial charge in [-0.1, -0.05) is 11.7 Å². The van der Waals surface area contributed by atoms with Crippen LogP contribution in [0.5, 0.6) is 0 Å². The van der Waals surface area contributed by atoms with E-state index in [1.807, 2.05) is 36.4 Å². The van der Waals surface area contributed by atoms with Gasteiger partial charge in [0.05, 0.1) is 0 Å². The van der Waals surface area contributed by atoms with Crippen LogP contribution in [-0.2, 0) is 6.54 Å². The molecule has 1 N–H and O–H groups in total. The van der Waals surface area contributed by atoms with Crippen molar-refractivity contribution in [3.8, 4) is 16.9 Å². The van der Waals surface area contributed by atoms with Gasteiger partial charge in [-0.25, -0.2) is 0 Å². The summed E-state index contributed by atoms with van der Waals surface area (Å²) in [5.41, 5.74) is 4.84. The third kappa shape index (κ3) is 3.59. The van der Waals surface area contributed by atoms with Gasteiger partial charge in [-0.3, -0.25) is 4.98 Å². The number of pyridine rings is 1. The van der Waals surface area contributed by atoms with Crippen LogP contribution >= 0.6 is 11.3 Å². The van der Waals surface area contributed by atoms with Crippen molar-refractivity contribution in [2.75, 3.05) is 5.32 Å². The molecular weight excluding hydrogens is 354 g/mol. The Labute approximate surface area is 161 Å². The molecule has 0 atom stereocenters. The van der Waals surface area contributed by atoms with Crippen LogP contribution in [-0.4, -0.2) is 14.8 Å². The number of hydrogen-bond acceptors (Lipinski definition) is 4. The Balaban J connectivity index is 1.56. The fraction of sp³-hybridized carbons (Fsp3) is 0.0952. The normalized spacial score (nSPS) is 10.5. The standard InChI is InChI=1S/C21H17N5S/c1-15-9-11-27-20(15)14-24-17-5-7-18(8-6-17)26-21(22-2)12-19(25-26)16-4-3-10-23-13-16/h3-13,24H,14H2,1H3. The van der Waals surface area contributed by atoms with Crippen LogP contribution in [0.3, 0.4) is 0 Å². The van der Waals surface area contributed by atoms with Gasteiger partial charge in [0.15, 0.2) is 0 Å². The van der Waals surface area contributed by atoms with Crippen molar-refractivity contribution in [3.63, 3.8) is 0 Å². The molecule has 0 spiro atoms. The lowest BCUT2D eigenvalue weighted by Gasteiger charge is -2.06. The van der Waals surface area contributed by atoms with Crippen molar-refractivity contribution in [2.45, 2.75) is 13.5 Å². The van der Waals surface area contributed by atoms with E-state index in [1.54, 1.807) is 34.5 Å². The minimum Gasteiger partial charge on any atom is -0.380 e. The van der Waals surface area contributed by atoms with Crippen LogP contribution in [0.1, 0.15) is 10.4 Å². The van der Waals surface area contributed by atoms with Gasteiger partial charge in [-0.15, -0.1) is 11.3 Å². The smallest absolute Gasteiger partial charge is 0.258 e. The van der Waals surface area contributed by atoms with E-state index in [0.717, 1.165) is 29.2 Å². The molecule has 3 aromatic heterocycles. The van der Waals surface area contributed by atoms with Crippen molar-refractivity contribution in [2.24, 2.45) is 0 Å². The molecule has 0 saturated carbocycles. The number of rotatable bonds is 5.